The van der Waals surface area contributed by atoms with Crippen LogP contribution in [0.4, 0.5) is 5.69 Å². The molecule has 2 aliphatic rings. The van der Waals surface area contributed by atoms with Crippen LogP contribution in [0.15, 0.2) is 72.8 Å². The van der Waals surface area contributed by atoms with Crippen molar-refractivity contribution < 1.29 is 0 Å². The molecule has 4 aromatic carbocycles. The van der Waals surface area contributed by atoms with Gasteiger partial charge in [0.15, 0.2) is 5.69 Å². The predicted octanol–water partition coefficient (Wildman–Crippen LogP) is 7.66. The van der Waals surface area contributed by atoms with E-state index in [-0.39, 0.29) is 0 Å². The largest absolute Gasteiger partial charge is 0.238 e. The van der Waals surface area contributed by atoms with Crippen molar-refractivity contribution in [2.24, 2.45) is 0 Å². The van der Waals surface area contributed by atoms with Crippen LogP contribution in [0.5, 0.6) is 0 Å². The van der Waals surface area contributed by atoms with Gasteiger partial charge < -0.3 is 0 Å². The van der Waals surface area contributed by atoms with Crippen LogP contribution in [-0.4, -0.2) is 0 Å². The molecule has 0 atom stereocenters. The van der Waals surface area contributed by atoms with Crippen molar-refractivity contribution in [2.45, 2.75) is 5.41 Å². The van der Waals surface area contributed by atoms with Crippen molar-refractivity contribution in [1.29, 1.82) is 5.26 Å². The highest BCUT2D eigenvalue weighted by Crippen LogP contribution is 2.63. The predicted molar refractivity (Wildman–Crippen MR) is 139 cm³/mol. The van der Waals surface area contributed by atoms with Crippen LogP contribution < -0.4 is 0 Å². The van der Waals surface area contributed by atoms with Gasteiger partial charge in [-0.3, -0.25) is 0 Å². The van der Waals surface area contributed by atoms with Crippen LogP contribution >= 0.6 is 45.2 Å². The number of nitrogens with zero attached hydrogens (tertiary/aromatic N) is 2. The summed E-state index contributed by atoms with van der Waals surface area (Å²) >= 11 is 4.75. The zero-order valence-corrected chi connectivity index (χ0v) is 20.4. The van der Waals surface area contributed by atoms with Gasteiger partial charge in [-0.1, -0.05) is 36.4 Å². The van der Waals surface area contributed by atoms with E-state index in [2.05, 4.69) is 105 Å². The molecule has 6 rings (SSSR count). The van der Waals surface area contributed by atoms with E-state index < -0.39 is 5.41 Å². The summed E-state index contributed by atoms with van der Waals surface area (Å²) in [6.07, 6.45) is 0. The average molecular weight is 618 g/mol. The van der Waals surface area contributed by atoms with Crippen LogP contribution in [0, 0.1) is 25.0 Å². The molecule has 0 radical (unpaired) electrons. The van der Waals surface area contributed by atoms with E-state index in [1.807, 2.05) is 24.3 Å². The summed E-state index contributed by atoms with van der Waals surface area (Å²) in [6.45, 7) is 7.63. The molecule has 0 heterocycles. The molecule has 1 spiro atoms. The number of hydrogen-bond acceptors (Lipinski definition) is 1. The first-order valence-electron chi connectivity index (χ1n) is 9.75. The fourth-order valence-electron chi connectivity index (χ4n) is 5.30. The number of hydrogen-bond donors (Lipinski definition) is 0. The number of rotatable bonds is 0. The Bertz CT molecular complexity index is 1420. The molecule has 0 bridgehead atoms. The maximum absolute atomic E-state index is 9.69. The Morgan fingerprint density at radius 1 is 0.677 bits per heavy atom. The molecular formula is C27H12I2N2. The molecule has 0 aliphatic heterocycles. The van der Waals surface area contributed by atoms with Crippen molar-refractivity contribution in [1.82, 2.24) is 0 Å². The second-order valence-electron chi connectivity index (χ2n) is 7.84. The smallest absolute Gasteiger partial charge is 0.187 e. The number of nitriles is 1. The van der Waals surface area contributed by atoms with E-state index >= 15 is 0 Å². The fraction of sp³-hybridized carbons (Fsp3) is 0.0370. The van der Waals surface area contributed by atoms with Crippen molar-refractivity contribution in [3.05, 3.63) is 119 Å². The molecule has 0 amide bonds. The lowest BCUT2D eigenvalue weighted by Crippen LogP contribution is -2.26. The van der Waals surface area contributed by atoms with Crippen LogP contribution in [-0.2, 0) is 5.41 Å². The standard InChI is InChI=1S/C27H12I2N2/c1-31-18-5-9-22-19-6-2-15(14-30)10-23(19)27(26(22)13-18)24-11-16(28)3-7-20(24)21-8-4-17(29)12-25(21)27/h2-13H. The molecular weight excluding hydrogens is 606 g/mol. The third kappa shape index (κ3) is 2.41. The van der Waals surface area contributed by atoms with E-state index in [4.69, 9.17) is 6.57 Å². The normalized spacial score (nSPS) is 13.7. The summed E-state index contributed by atoms with van der Waals surface area (Å²) in [6, 6.07) is 27.6. The van der Waals surface area contributed by atoms with Gasteiger partial charge in [0.1, 0.15) is 0 Å². The minimum atomic E-state index is -0.523. The molecule has 0 N–H and O–H groups in total. The maximum atomic E-state index is 9.69. The first-order chi connectivity index (χ1) is 15.1. The van der Waals surface area contributed by atoms with Gasteiger partial charge in [-0.05, 0) is 126 Å². The van der Waals surface area contributed by atoms with Crippen LogP contribution in [0.3, 0.4) is 0 Å². The lowest BCUT2D eigenvalue weighted by Gasteiger charge is -2.31. The summed E-state index contributed by atoms with van der Waals surface area (Å²) in [5, 5.41) is 9.69. The zero-order chi connectivity index (χ0) is 21.3. The van der Waals surface area contributed by atoms with E-state index in [1.54, 1.807) is 0 Å². The molecule has 31 heavy (non-hydrogen) atoms. The lowest BCUT2D eigenvalue weighted by molar-refractivity contribution is 0.792. The molecule has 144 valence electrons. The van der Waals surface area contributed by atoms with Crippen molar-refractivity contribution in [2.75, 3.05) is 0 Å². The molecule has 0 saturated carbocycles. The van der Waals surface area contributed by atoms with E-state index in [0.29, 0.717) is 11.3 Å². The molecule has 0 unspecified atom stereocenters. The topological polar surface area (TPSA) is 28.1 Å². The zero-order valence-electron chi connectivity index (χ0n) is 16.1. The van der Waals surface area contributed by atoms with Gasteiger partial charge in [-0.25, -0.2) is 4.85 Å². The lowest BCUT2D eigenvalue weighted by atomic mass is 9.70. The van der Waals surface area contributed by atoms with Gasteiger partial charge >= 0.3 is 0 Å². The van der Waals surface area contributed by atoms with Gasteiger partial charge in [0, 0.05) is 7.14 Å². The highest BCUT2D eigenvalue weighted by atomic mass is 127. The third-order valence-corrected chi connectivity index (χ3v) is 7.78. The number of fused-ring (bicyclic) bond motifs is 10. The van der Waals surface area contributed by atoms with Gasteiger partial charge in [0.25, 0.3) is 0 Å². The molecule has 0 fully saturated rings. The fourth-order valence-corrected chi connectivity index (χ4v) is 6.28. The molecule has 2 nitrogen and oxygen atoms in total. The Morgan fingerprint density at radius 3 is 1.71 bits per heavy atom. The van der Waals surface area contributed by atoms with Gasteiger partial charge in [0.2, 0.25) is 0 Å². The Morgan fingerprint density at radius 2 is 1.16 bits per heavy atom. The Balaban J connectivity index is 1.88. The summed E-state index contributed by atoms with van der Waals surface area (Å²) in [7, 11) is 0. The second-order valence-corrected chi connectivity index (χ2v) is 10.3. The SMILES string of the molecule is [C-]#[N+]c1ccc2c(c1)C1(c3cc(I)ccc3-c3ccc(I)cc31)c1cc(C#N)ccc1-2. The van der Waals surface area contributed by atoms with Gasteiger partial charge in [-0.15, -0.1) is 0 Å². The maximum Gasteiger partial charge on any atom is 0.187 e. The first-order valence-corrected chi connectivity index (χ1v) is 11.9. The highest BCUT2D eigenvalue weighted by Gasteiger charge is 2.51. The first kappa shape index (κ1) is 19.0. The minimum absolute atomic E-state index is 0.523. The molecule has 0 aromatic heterocycles. The Labute approximate surface area is 207 Å². The van der Waals surface area contributed by atoms with Crippen molar-refractivity contribution >= 4 is 50.9 Å². The van der Waals surface area contributed by atoms with Gasteiger partial charge in [-0.2, -0.15) is 5.26 Å². The summed E-state index contributed by atoms with van der Waals surface area (Å²) in [5.74, 6) is 0. The van der Waals surface area contributed by atoms with E-state index in [0.717, 1.165) is 22.3 Å². The van der Waals surface area contributed by atoms with Gasteiger partial charge in [0.05, 0.1) is 23.6 Å². The minimum Gasteiger partial charge on any atom is -0.238 e. The average Bonchev–Trinajstić information content (AvgIpc) is 3.24. The molecule has 4 heteroatoms. The monoisotopic (exact) mass is 618 g/mol. The van der Waals surface area contributed by atoms with Crippen molar-refractivity contribution in [3.63, 3.8) is 0 Å². The highest BCUT2D eigenvalue weighted by molar-refractivity contribution is 14.1. The quantitative estimate of drug-likeness (QED) is 0.127. The van der Waals surface area contributed by atoms with E-state index in [9.17, 15) is 5.26 Å². The second kappa shape index (κ2) is 6.66. The molecule has 4 aromatic rings. The van der Waals surface area contributed by atoms with Crippen LogP contribution in [0.2, 0.25) is 0 Å². The summed E-state index contributed by atoms with van der Waals surface area (Å²) in [4.78, 5) is 3.74. The summed E-state index contributed by atoms with van der Waals surface area (Å²) in [5.41, 5.74) is 10.2. The number of benzene rings is 4. The summed E-state index contributed by atoms with van der Waals surface area (Å²) < 4.78 is 2.34. The Hall–Kier alpha value is -2.68. The Kier molecular flexibility index (Phi) is 4.09. The van der Waals surface area contributed by atoms with E-state index in [1.165, 1.54) is 29.4 Å². The molecule has 0 saturated heterocycles. The third-order valence-electron chi connectivity index (χ3n) is 6.44. The number of halogens is 2. The van der Waals surface area contributed by atoms with Crippen molar-refractivity contribution in [3.8, 4) is 28.3 Å². The van der Waals surface area contributed by atoms with Crippen LogP contribution in [0.25, 0.3) is 27.1 Å². The van der Waals surface area contributed by atoms with Crippen LogP contribution in [0.1, 0.15) is 27.8 Å². The molecule has 2 aliphatic carbocycles.